The predicted molar refractivity (Wildman–Crippen MR) is 72.4 cm³/mol. The fraction of sp³-hybridized carbons (Fsp3) is 0.429. The quantitative estimate of drug-likeness (QED) is 0.797. The molecule has 3 nitrogen and oxygen atoms in total. The largest absolute Gasteiger partial charge is 0.272 e. The van der Waals surface area contributed by atoms with Gasteiger partial charge in [0, 0.05) is 24.5 Å². The molecule has 2 aromatic heterocycles. The van der Waals surface area contributed by atoms with E-state index >= 15 is 0 Å². The summed E-state index contributed by atoms with van der Waals surface area (Å²) >= 11 is 5.96. The molecule has 0 unspecified atom stereocenters. The van der Waals surface area contributed by atoms with Crippen molar-refractivity contribution in [3.05, 3.63) is 35.6 Å². The molecule has 2 heterocycles. The summed E-state index contributed by atoms with van der Waals surface area (Å²) < 4.78 is 15.7. The van der Waals surface area contributed by atoms with Crippen LogP contribution in [0, 0.1) is 11.7 Å². The molecule has 0 aromatic carbocycles. The van der Waals surface area contributed by atoms with E-state index in [0.29, 0.717) is 17.0 Å². The molecule has 0 N–H and O–H groups in total. The molecular weight excluding hydrogens is 265 g/mol. The summed E-state index contributed by atoms with van der Waals surface area (Å²) in [6, 6.07) is 1.32. The standard InChI is InChI=1S/C14H15ClFN3/c15-14-13(12(16)5-6-17-14)11-7-18-19(9-11)8-10-3-1-2-4-10/h5-7,9-10H,1-4,8H2. The van der Waals surface area contributed by atoms with Crippen molar-refractivity contribution in [2.24, 2.45) is 5.92 Å². The van der Waals surface area contributed by atoms with Crippen molar-refractivity contribution >= 4 is 11.6 Å². The fourth-order valence-corrected chi connectivity index (χ4v) is 2.98. The second-order valence-electron chi connectivity index (χ2n) is 5.06. The molecule has 1 saturated carbocycles. The van der Waals surface area contributed by atoms with Gasteiger partial charge in [-0.1, -0.05) is 24.4 Å². The Kier molecular flexibility index (Phi) is 3.51. The van der Waals surface area contributed by atoms with Crippen molar-refractivity contribution in [3.63, 3.8) is 0 Å². The van der Waals surface area contributed by atoms with Crippen LogP contribution in [-0.2, 0) is 6.54 Å². The highest BCUT2D eigenvalue weighted by atomic mass is 35.5. The molecule has 1 aliphatic carbocycles. The molecule has 2 aromatic rings. The highest BCUT2D eigenvalue weighted by molar-refractivity contribution is 6.32. The zero-order valence-electron chi connectivity index (χ0n) is 10.5. The van der Waals surface area contributed by atoms with Gasteiger partial charge in [0.05, 0.1) is 11.8 Å². The third-order valence-electron chi connectivity index (χ3n) is 3.70. The van der Waals surface area contributed by atoms with Crippen LogP contribution in [0.2, 0.25) is 5.15 Å². The van der Waals surface area contributed by atoms with E-state index in [-0.39, 0.29) is 11.0 Å². The highest BCUT2D eigenvalue weighted by Crippen LogP contribution is 2.30. The number of hydrogen-bond donors (Lipinski definition) is 0. The minimum Gasteiger partial charge on any atom is -0.272 e. The molecule has 3 rings (SSSR count). The SMILES string of the molecule is Fc1ccnc(Cl)c1-c1cnn(CC2CCCC2)c1. The Bertz CT molecular complexity index is 556. The van der Waals surface area contributed by atoms with Crippen molar-refractivity contribution < 1.29 is 4.39 Å². The van der Waals surface area contributed by atoms with E-state index in [1.165, 1.54) is 37.9 Å². The lowest BCUT2D eigenvalue weighted by Crippen LogP contribution is -2.07. The summed E-state index contributed by atoms with van der Waals surface area (Å²) in [5.74, 6) is 0.336. The van der Waals surface area contributed by atoms with E-state index in [2.05, 4.69) is 10.1 Å². The first-order valence-corrected chi connectivity index (χ1v) is 6.94. The van der Waals surface area contributed by atoms with Crippen LogP contribution in [-0.4, -0.2) is 14.8 Å². The zero-order chi connectivity index (χ0) is 13.2. The molecule has 5 heteroatoms. The third kappa shape index (κ3) is 2.63. The Balaban J connectivity index is 1.84. The van der Waals surface area contributed by atoms with Gasteiger partial charge in [-0.15, -0.1) is 0 Å². The molecule has 0 radical (unpaired) electrons. The van der Waals surface area contributed by atoms with Crippen molar-refractivity contribution in [1.29, 1.82) is 0 Å². The maximum Gasteiger partial charge on any atom is 0.139 e. The average molecular weight is 280 g/mol. The van der Waals surface area contributed by atoms with E-state index in [9.17, 15) is 4.39 Å². The second-order valence-corrected chi connectivity index (χ2v) is 5.42. The van der Waals surface area contributed by atoms with E-state index in [1.54, 1.807) is 6.20 Å². The van der Waals surface area contributed by atoms with Gasteiger partial charge < -0.3 is 0 Å². The molecule has 1 aliphatic rings. The van der Waals surface area contributed by atoms with Gasteiger partial charge in [0.1, 0.15) is 11.0 Å². The van der Waals surface area contributed by atoms with Gasteiger partial charge in [0.2, 0.25) is 0 Å². The van der Waals surface area contributed by atoms with Gasteiger partial charge in [-0.2, -0.15) is 5.10 Å². The average Bonchev–Trinajstić information content (AvgIpc) is 3.02. The normalized spacial score (nSPS) is 16.1. The van der Waals surface area contributed by atoms with Crippen LogP contribution < -0.4 is 0 Å². The predicted octanol–water partition coefficient (Wildman–Crippen LogP) is 3.93. The Morgan fingerprint density at radius 2 is 2.16 bits per heavy atom. The van der Waals surface area contributed by atoms with Gasteiger partial charge >= 0.3 is 0 Å². The number of aromatic nitrogens is 3. The van der Waals surface area contributed by atoms with Gasteiger partial charge in [0.15, 0.2) is 0 Å². The molecule has 0 spiro atoms. The van der Waals surface area contributed by atoms with Crippen molar-refractivity contribution in [1.82, 2.24) is 14.8 Å². The minimum atomic E-state index is -0.361. The summed E-state index contributed by atoms with van der Waals surface area (Å²) in [6.45, 7) is 0.902. The first kappa shape index (κ1) is 12.6. The van der Waals surface area contributed by atoms with E-state index in [4.69, 9.17) is 11.6 Å². The zero-order valence-corrected chi connectivity index (χ0v) is 11.3. The Hall–Kier alpha value is -1.42. The number of nitrogens with zero attached hydrogens (tertiary/aromatic N) is 3. The van der Waals surface area contributed by atoms with Crippen LogP contribution in [0.5, 0.6) is 0 Å². The molecular formula is C14H15ClFN3. The highest BCUT2D eigenvalue weighted by Gasteiger charge is 2.17. The molecule has 0 bridgehead atoms. The van der Waals surface area contributed by atoms with Crippen LogP contribution >= 0.6 is 11.6 Å². The molecule has 0 saturated heterocycles. The lowest BCUT2D eigenvalue weighted by Gasteiger charge is -2.08. The second kappa shape index (κ2) is 5.29. The van der Waals surface area contributed by atoms with Gasteiger partial charge in [0.25, 0.3) is 0 Å². The lowest BCUT2D eigenvalue weighted by molar-refractivity contribution is 0.429. The van der Waals surface area contributed by atoms with Crippen LogP contribution in [0.25, 0.3) is 11.1 Å². The number of hydrogen-bond acceptors (Lipinski definition) is 2. The third-order valence-corrected chi connectivity index (χ3v) is 3.98. The van der Waals surface area contributed by atoms with Crippen LogP contribution in [0.1, 0.15) is 25.7 Å². The Labute approximate surface area is 116 Å². The van der Waals surface area contributed by atoms with Gasteiger partial charge in [-0.25, -0.2) is 9.37 Å². The molecule has 19 heavy (non-hydrogen) atoms. The van der Waals surface area contributed by atoms with Crippen LogP contribution in [0.15, 0.2) is 24.7 Å². The van der Waals surface area contributed by atoms with E-state index in [0.717, 1.165) is 6.54 Å². The topological polar surface area (TPSA) is 30.7 Å². The lowest BCUT2D eigenvalue weighted by atomic mass is 10.1. The monoisotopic (exact) mass is 279 g/mol. The minimum absolute atomic E-state index is 0.181. The Morgan fingerprint density at radius 1 is 1.37 bits per heavy atom. The maximum atomic E-state index is 13.8. The molecule has 0 amide bonds. The van der Waals surface area contributed by atoms with Crippen molar-refractivity contribution in [2.75, 3.05) is 0 Å². The van der Waals surface area contributed by atoms with Crippen LogP contribution in [0.3, 0.4) is 0 Å². The maximum absolute atomic E-state index is 13.8. The van der Waals surface area contributed by atoms with Crippen molar-refractivity contribution in [2.45, 2.75) is 32.2 Å². The van der Waals surface area contributed by atoms with Gasteiger partial charge in [-0.05, 0) is 24.8 Å². The summed E-state index contributed by atoms with van der Waals surface area (Å²) in [5.41, 5.74) is 1.02. The first-order valence-electron chi connectivity index (χ1n) is 6.57. The number of rotatable bonds is 3. The number of pyridine rings is 1. The molecule has 1 fully saturated rings. The summed E-state index contributed by atoms with van der Waals surface area (Å²) in [4.78, 5) is 3.92. The first-order chi connectivity index (χ1) is 9.24. The molecule has 0 aliphatic heterocycles. The smallest absolute Gasteiger partial charge is 0.139 e. The Morgan fingerprint density at radius 3 is 2.89 bits per heavy atom. The summed E-state index contributed by atoms with van der Waals surface area (Å²) in [5, 5.41) is 4.48. The van der Waals surface area contributed by atoms with Gasteiger partial charge in [-0.3, -0.25) is 4.68 Å². The summed E-state index contributed by atoms with van der Waals surface area (Å²) in [6.07, 6.45) is 10.0. The van der Waals surface area contributed by atoms with E-state index in [1.807, 2.05) is 10.9 Å². The van der Waals surface area contributed by atoms with Crippen molar-refractivity contribution in [3.8, 4) is 11.1 Å². The summed E-state index contributed by atoms with van der Waals surface area (Å²) in [7, 11) is 0. The van der Waals surface area contributed by atoms with E-state index < -0.39 is 0 Å². The number of halogens is 2. The van der Waals surface area contributed by atoms with Crippen LogP contribution in [0.4, 0.5) is 4.39 Å². The molecule has 0 atom stereocenters. The molecule has 100 valence electrons. The fourth-order valence-electron chi connectivity index (χ4n) is 2.72.